The Kier molecular flexibility index (Phi) is 5.19. The summed E-state index contributed by atoms with van der Waals surface area (Å²) in [5, 5.41) is 8.96. The van der Waals surface area contributed by atoms with E-state index < -0.39 is 0 Å². The van der Waals surface area contributed by atoms with Gasteiger partial charge in [-0.2, -0.15) is 5.10 Å². The van der Waals surface area contributed by atoms with E-state index in [2.05, 4.69) is 23.4 Å². The maximum absolute atomic E-state index is 12.3. The van der Waals surface area contributed by atoms with E-state index in [1.807, 2.05) is 43.6 Å². The molecule has 0 fully saturated rings. The first kappa shape index (κ1) is 17.2. The highest BCUT2D eigenvalue weighted by molar-refractivity contribution is 7.12. The first-order valence-corrected chi connectivity index (χ1v) is 9.04. The molecule has 6 heteroatoms. The van der Waals surface area contributed by atoms with Gasteiger partial charge in [0.15, 0.2) is 0 Å². The van der Waals surface area contributed by atoms with E-state index in [0.29, 0.717) is 17.2 Å². The molecule has 0 radical (unpaired) electrons. The van der Waals surface area contributed by atoms with E-state index in [9.17, 15) is 4.79 Å². The number of carbonyl (C=O) groups excluding carboxylic acids is 1. The zero-order valence-electron chi connectivity index (χ0n) is 14.6. The second-order valence-electron chi connectivity index (χ2n) is 5.92. The van der Waals surface area contributed by atoms with Gasteiger partial charge in [-0.15, -0.1) is 11.3 Å². The Bertz CT molecular complexity index is 882. The van der Waals surface area contributed by atoms with E-state index in [1.165, 1.54) is 16.9 Å². The van der Waals surface area contributed by atoms with Crippen molar-refractivity contribution in [1.29, 1.82) is 0 Å². The van der Waals surface area contributed by atoms with Crippen molar-refractivity contribution < 1.29 is 9.53 Å². The summed E-state index contributed by atoms with van der Waals surface area (Å²) in [5.41, 5.74) is 4.01. The van der Waals surface area contributed by atoms with Gasteiger partial charge in [-0.05, 0) is 43.8 Å². The van der Waals surface area contributed by atoms with E-state index in [1.54, 1.807) is 10.9 Å². The highest BCUT2D eigenvalue weighted by Crippen LogP contribution is 2.22. The van der Waals surface area contributed by atoms with Crippen LogP contribution in [0.1, 0.15) is 33.3 Å². The predicted octanol–water partition coefficient (Wildman–Crippen LogP) is 4.41. The molecule has 0 aliphatic heterocycles. The SMILES string of the molecule is CCn1cc(NC(=O)c2cc(COc3ccc(C)cc3C)cs2)cn1. The topological polar surface area (TPSA) is 56.2 Å². The predicted molar refractivity (Wildman–Crippen MR) is 100 cm³/mol. The van der Waals surface area contributed by atoms with Crippen LogP contribution in [0.4, 0.5) is 5.69 Å². The minimum atomic E-state index is -0.126. The number of rotatable bonds is 6. The molecule has 0 atom stereocenters. The number of nitrogens with zero attached hydrogens (tertiary/aromatic N) is 2. The molecule has 3 aromatic rings. The summed E-state index contributed by atoms with van der Waals surface area (Å²) in [4.78, 5) is 13.0. The molecule has 0 saturated heterocycles. The largest absolute Gasteiger partial charge is 0.489 e. The van der Waals surface area contributed by atoms with Crippen LogP contribution in [-0.2, 0) is 13.2 Å². The van der Waals surface area contributed by atoms with Crippen LogP contribution < -0.4 is 10.1 Å². The summed E-state index contributed by atoms with van der Waals surface area (Å²) in [5.74, 6) is 0.744. The third kappa shape index (κ3) is 4.28. The lowest BCUT2D eigenvalue weighted by atomic mass is 10.1. The Hall–Kier alpha value is -2.60. The Labute approximate surface area is 151 Å². The molecule has 1 aromatic carbocycles. The van der Waals surface area contributed by atoms with Crippen LogP contribution in [0.15, 0.2) is 42.0 Å². The first-order chi connectivity index (χ1) is 12.0. The summed E-state index contributed by atoms with van der Waals surface area (Å²) in [6.07, 6.45) is 3.47. The van der Waals surface area contributed by atoms with Crippen molar-refractivity contribution in [3.8, 4) is 5.75 Å². The highest BCUT2D eigenvalue weighted by Gasteiger charge is 2.11. The molecular weight excluding hydrogens is 334 g/mol. The average Bonchev–Trinajstić information content (AvgIpc) is 3.23. The number of amides is 1. The van der Waals surface area contributed by atoms with E-state index in [0.717, 1.165) is 23.4 Å². The second kappa shape index (κ2) is 7.53. The number of nitrogens with one attached hydrogen (secondary N) is 1. The highest BCUT2D eigenvalue weighted by atomic mass is 32.1. The number of carbonyl (C=O) groups is 1. The Morgan fingerprint density at radius 3 is 2.88 bits per heavy atom. The maximum atomic E-state index is 12.3. The maximum Gasteiger partial charge on any atom is 0.265 e. The summed E-state index contributed by atoms with van der Waals surface area (Å²) >= 11 is 1.41. The third-order valence-electron chi connectivity index (χ3n) is 3.82. The quantitative estimate of drug-likeness (QED) is 0.712. The lowest BCUT2D eigenvalue weighted by molar-refractivity contribution is 0.103. The fourth-order valence-corrected chi connectivity index (χ4v) is 3.28. The van der Waals surface area contributed by atoms with E-state index in [-0.39, 0.29) is 5.91 Å². The van der Waals surface area contributed by atoms with Crippen molar-refractivity contribution >= 4 is 22.9 Å². The second-order valence-corrected chi connectivity index (χ2v) is 6.83. The normalized spacial score (nSPS) is 10.7. The van der Waals surface area contributed by atoms with E-state index >= 15 is 0 Å². The number of aryl methyl sites for hydroxylation is 3. The van der Waals surface area contributed by atoms with Gasteiger partial charge in [0.25, 0.3) is 5.91 Å². The minimum Gasteiger partial charge on any atom is -0.489 e. The molecule has 0 bridgehead atoms. The van der Waals surface area contributed by atoms with Crippen LogP contribution in [0.3, 0.4) is 0 Å². The van der Waals surface area contributed by atoms with Crippen LogP contribution in [0.2, 0.25) is 0 Å². The molecule has 2 heterocycles. The van der Waals surface area contributed by atoms with Gasteiger partial charge in [-0.3, -0.25) is 9.48 Å². The molecule has 1 amide bonds. The van der Waals surface area contributed by atoms with Crippen molar-refractivity contribution in [2.24, 2.45) is 0 Å². The molecule has 3 rings (SSSR count). The molecule has 5 nitrogen and oxygen atoms in total. The number of anilines is 1. The van der Waals surface area contributed by atoms with Gasteiger partial charge in [0.2, 0.25) is 0 Å². The Morgan fingerprint density at radius 1 is 1.32 bits per heavy atom. The van der Waals surface area contributed by atoms with Crippen LogP contribution in [0, 0.1) is 13.8 Å². The van der Waals surface area contributed by atoms with Crippen LogP contribution in [0.5, 0.6) is 5.75 Å². The van der Waals surface area contributed by atoms with Crippen LogP contribution in [-0.4, -0.2) is 15.7 Å². The van der Waals surface area contributed by atoms with Crippen molar-refractivity contribution in [2.75, 3.05) is 5.32 Å². The Balaban J connectivity index is 1.60. The zero-order chi connectivity index (χ0) is 17.8. The molecule has 0 saturated carbocycles. The van der Waals surface area contributed by atoms with Crippen molar-refractivity contribution in [3.63, 3.8) is 0 Å². The average molecular weight is 355 g/mol. The molecular formula is C19H21N3O2S. The molecule has 0 unspecified atom stereocenters. The summed E-state index contributed by atoms with van der Waals surface area (Å²) < 4.78 is 7.64. The smallest absolute Gasteiger partial charge is 0.265 e. The number of ether oxygens (including phenoxy) is 1. The van der Waals surface area contributed by atoms with Crippen LogP contribution >= 0.6 is 11.3 Å². The van der Waals surface area contributed by atoms with Gasteiger partial charge < -0.3 is 10.1 Å². The molecule has 2 aromatic heterocycles. The minimum absolute atomic E-state index is 0.126. The molecule has 1 N–H and O–H groups in total. The molecule has 130 valence electrons. The molecule has 0 aliphatic carbocycles. The number of thiophene rings is 1. The van der Waals surface area contributed by atoms with Crippen molar-refractivity contribution in [3.05, 3.63) is 63.6 Å². The summed E-state index contributed by atoms with van der Waals surface area (Å²) in [6.45, 7) is 7.31. The van der Waals surface area contributed by atoms with Gasteiger partial charge in [0, 0.05) is 18.3 Å². The Morgan fingerprint density at radius 2 is 2.16 bits per heavy atom. The zero-order valence-corrected chi connectivity index (χ0v) is 15.4. The number of hydrogen-bond donors (Lipinski definition) is 1. The summed E-state index contributed by atoms with van der Waals surface area (Å²) in [7, 11) is 0. The number of hydrogen-bond acceptors (Lipinski definition) is 4. The van der Waals surface area contributed by atoms with Gasteiger partial charge >= 0.3 is 0 Å². The van der Waals surface area contributed by atoms with Crippen molar-refractivity contribution in [2.45, 2.75) is 33.9 Å². The third-order valence-corrected chi connectivity index (χ3v) is 4.80. The van der Waals surface area contributed by atoms with Gasteiger partial charge in [0.05, 0.1) is 16.8 Å². The van der Waals surface area contributed by atoms with Crippen molar-refractivity contribution in [1.82, 2.24) is 9.78 Å². The molecule has 0 aliphatic rings. The molecule has 25 heavy (non-hydrogen) atoms. The fourth-order valence-electron chi connectivity index (χ4n) is 2.49. The lowest BCUT2D eigenvalue weighted by Crippen LogP contribution is -2.09. The fraction of sp³-hybridized carbons (Fsp3) is 0.263. The van der Waals surface area contributed by atoms with E-state index in [4.69, 9.17) is 4.74 Å². The van der Waals surface area contributed by atoms with Gasteiger partial charge in [-0.1, -0.05) is 17.7 Å². The van der Waals surface area contributed by atoms with Crippen LogP contribution in [0.25, 0.3) is 0 Å². The number of benzene rings is 1. The molecule has 0 spiro atoms. The summed E-state index contributed by atoms with van der Waals surface area (Å²) in [6, 6.07) is 7.98. The standard InChI is InChI=1S/C19H21N3O2S/c1-4-22-10-16(9-20-22)21-19(23)18-8-15(12-25-18)11-24-17-6-5-13(2)7-14(17)3/h5-10,12H,4,11H2,1-3H3,(H,21,23). The first-order valence-electron chi connectivity index (χ1n) is 8.16. The lowest BCUT2D eigenvalue weighted by Gasteiger charge is -2.08. The van der Waals surface area contributed by atoms with Gasteiger partial charge in [0.1, 0.15) is 12.4 Å². The number of aromatic nitrogens is 2. The monoisotopic (exact) mass is 355 g/mol. The van der Waals surface area contributed by atoms with Gasteiger partial charge in [-0.25, -0.2) is 0 Å².